The molecule has 220 valence electrons. The molecule has 0 aliphatic rings. The summed E-state index contributed by atoms with van der Waals surface area (Å²) < 4.78 is 12.8. The fourth-order valence-corrected chi connectivity index (χ4v) is 4.81. The highest BCUT2D eigenvalue weighted by Crippen LogP contribution is 2.24. The third kappa shape index (κ3) is 12.0. The first-order valence-electron chi connectivity index (χ1n) is 13.7. The van der Waals surface area contributed by atoms with Crippen LogP contribution in [0.15, 0.2) is 47.6 Å². The fourth-order valence-electron chi connectivity index (χ4n) is 4.01. The number of carbonyl (C=O) groups is 2. The van der Waals surface area contributed by atoms with Gasteiger partial charge < -0.3 is 19.9 Å². The standard InChI is InChI=1S/C29H38N6O5S/c1-22(36)30-18-19-35-29(32-33-34-35)41-21-24-12-16-27(26(31-24)15-17-28(37)38)40-20-8-6-4-3-5-7-9-23-10-13-25(39-2)14-11-23/h10-17H,3-9,18-21H2,1-2H3,(H,30,36)(H,37,38). The SMILES string of the molecule is COc1ccc(CCCCCCCCOc2ccc(CSc3nnnn3CCNC(C)=O)nc2C=CC(=O)O)cc1. The Bertz CT molecular complexity index is 1260. The second-order valence-electron chi connectivity index (χ2n) is 9.38. The summed E-state index contributed by atoms with van der Waals surface area (Å²) in [5.74, 6) is 0.752. The van der Waals surface area contributed by atoms with Gasteiger partial charge in [0.05, 0.1) is 26.0 Å². The second-order valence-corrected chi connectivity index (χ2v) is 10.3. The highest BCUT2D eigenvalue weighted by atomic mass is 32.2. The van der Waals surface area contributed by atoms with E-state index in [0.717, 1.165) is 43.2 Å². The van der Waals surface area contributed by atoms with Gasteiger partial charge in [-0.2, -0.15) is 0 Å². The van der Waals surface area contributed by atoms with Crippen LogP contribution in [0.25, 0.3) is 6.08 Å². The Balaban J connectivity index is 1.40. The van der Waals surface area contributed by atoms with Crippen molar-refractivity contribution in [3.8, 4) is 11.5 Å². The van der Waals surface area contributed by atoms with Crippen LogP contribution in [0.1, 0.15) is 62.4 Å². The van der Waals surface area contributed by atoms with Crippen LogP contribution < -0.4 is 14.8 Å². The van der Waals surface area contributed by atoms with Crippen molar-refractivity contribution in [3.05, 3.63) is 59.4 Å². The fraction of sp³-hybridized carbons (Fsp3) is 0.448. The molecule has 0 unspecified atom stereocenters. The minimum absolute atomic E-state index is 0.114. The highest BCUT2D eigenvalue weighted by molar-refractivity contribution is 7.98. The lowest BCUT2D eigenvalue weighted by Crippen LogP contribution is -2.25. The number of tetrazole rings is 1. The van der Waals surface area contributed by atoms with Crippen LogP contribution in [-0.2, 0) is 28.3 Å². The number of hydrogen-bond acceptors (Lipinski definition) is 9. The maximum absolute atomic E-state index is 11.1. The molecule has 0 spiro atoms. The van der Waals surface area contributed by atoms with Crippen LogP contribution in [0.3, 0.4) is 0 Å². The summed E-state index contributed by atoms with van der Waals surface area (Å²) in [5.41, 5.74) is 2.54. The van der Waals surface area contributed by atoms with Gasteiger partial charge in [0, 0.05) is 25.3 Å². The molecule has 1 aromatic carbocycles. The number of benzene rings is 1. The molecule has 0 fully saturated rings. The lowest BCUT2D eigenvalue weighted by molar-refractivity contribution is -0.131. The number of methoxy groups -OCH3 is 1. The van der Waals surface area contributed by atoms with E-state index in [1.54, 1.807) is 11.8 Å². The Hall–Kier alpha value is -3.93. The quantitative estimate of drug-likeness (QED) is 0.117. The molecule has 2 N–H and O–H groups in total. The van der Waals surface area contributed by atoms with Crippen LogP contribution in [0.2, 0.25) is 0 Å². The van der Waals surface area contributed by atoms with Crippen molar-refractivity contribution < 1.29 is 24.2 Å². The lowest BCUT2D eigenvalue weighted by atomic mass is 10.0. The molecule has 41 heavy (non-hydrogen) atoms. The molecule has 0 bridgehead atoms. The topological polar surface area (TPSA) is 141 Å². The molecular formula is C29H38N6O5S. The Kier molecular flexibility index (Phi) is 13.6. The smallest absolute Gasteiger partial charge is 0.328 e. The zero-order valence-electron chi connectivity index (χ0n) is 23.6. The van der Waals surface area contributed by atoms with E-state index in [2.05, 4.69) is 38.0 Å². The van der Waals surface area contributed by atoms with Gasteiger partial charge in [0.25, 0.3) is 0 Å². The molecule has 0 aliphatic heterocycles. The van der Waals surface area contributed by atoms with Gasteiger partial charge in [-0.25, -0.2) is 14.5 Å². The van der Waals surface area contributed by atoms with Gasteiger partial charge in [0.2, 0.25) is 11.1 Å². The van der Waals surface area contributed by atoms with Gasteiger partial charge in [-0.05, 0) is 65.6 Å². The van der Waals surface area contributed by atoms with Crippen LogP contribution in [0.4, 0.5) is 0 Å². The average Bonchev–Trinajstić information content (AvgIpc) is 3.42. The number of aliphatic carboxylic acids is 1. The molecule has 1 amide bonds. The summed E-state index contributed by atoms with van der Waals surface area (Å²) in [6.07, 6.45) is 10.3. The van der Waals surface area contributed by atoms with Crippen molar-refractivity contribution in [2.75, 3.05) is 20.3 Å². The molecule has 3 aromatic rings. The molecule has 11 nitrogen and oxygen atoms in total. The number of unbranched alkanes of at least 4 members (excludes halogenated alkanes) is 5. The Morgan fingerprint density at radius 3 is 2.54 bits per heavy atom. The predicted octanol–water partition coefficient (Wildman–Crippen LogP) is 4.57. The largest absolute Gasteiger partial charge is 0.497 e. The van der Waals surface area contributed by atoms with Gasteiger partial charge in [-0.1, -0.05) is 49.6 Å². The summed E-state index contributed by atoms with van der Waals surface area (Å²) in [7, 11) is 1.68. The minimum Gasteiger partial charge on any atom is -0.497 e. The van der Waals surface area contributed by atoms with Gasteiger partial charge in [-0.15, -0.1) is 5.10 Å². The molecule has 2 heterocycles. The van der Waals surface area contributed by atoms with E-state index in [9.17, 15) is 9.59 Å². The summed E-state index contributed by atoms with van der Waals surface area (Å²) in [6.45, 7) is 2.87. The van der Waals surface area contributed by atoms with E-state index in [-0.39, 0.29) is 5.91 Å². The molecule has 0 atom stereocenters. The van der Waals surface area contributed by atoms with Gasteiger partial charge in [-0.3, -0.25) is 4.79 Å². The Morgan fingerprint density at radius 2 is 1.80 bits per heavy atom. The summed E-state index contributed by atoms with van der Waals surface area (Å²) >= 11 is 1.40. The van der Waals surface area contributed by atoms with E-state index in [1.165, 1.54) is 49.6 Å². The number of nitrogens with zero attached hydrogens (tertiary/aromatic N) is 5. The van der Waals surface area contributed by atoms with Crippen molar-refractivity contribution in [2.24, 2.45) is 0 Å². The zero-order valence-corrected chi connectivity index (χ0v) is 24.4. The number of pyridine rings is 1. The molecule has 0 aliphatic carbocycles. The first-order chi connectivity index (χ1) is 19.9. The Labute approximate surface area is 244 Å². The number of carbonyl (C=O) groups excluding carboxylic acids is 1. The van der Waals surface area contributed by atoms with E-state index in [1.807, 2.05) is 24.3 Å². The first kappa shape index (κ1) is 31.6. The van der Waals surface area contributed by atoms with Gasteiger partial charge in [0.1, 0.15) is 17.2 Å². The maximum atomic E-state index is 11.1. The second kappa shape index (κ2) is 17.7. The third-order valence-electron chi connectivity index (χ3n) is 6.15. The summed E-state index contributed by atoms with van der Waals surface area (Å²) in [4.78, 5) is 26.8. The molecule has 2 aromatic heterocycles. The number of ether oxygens (including phenoxy) is 2. The summed E-state index contributed by atoms with van der Waals surface area (Å²) in [6, 6.07) is 11.9. The zero-order chi connectivity index (χ0) is 29.3. The molecule has 3 rings (SSSR count). The van der Waals surface area contributed by atoms with Crippen LogP contribution in [0, 0.1) is 0 Å². The van der Waals surface area contributed by atoms with Crippen molar-refractivity contribution in [1.82, 2.24) is 30.5 Å². The van der Waals surface area contributed by atoms with Crippen LogP contribution in [0.5, 0.6) is 11.5 Å². The highest BCUT2D eigenvalue weighted by Gasteiger charge is 2.10. The summed E-state index contributed by atoms with van der Waals surface area (Å²) in [5, 5.41) is 24.1. The van der Waals surface area contributed by atoms with Crippen molar-refractivity contribution in [1.29, 1.82) is 0 Å². The lowest BCUT2D eigenvalue weighted by Gasteiger charge is -2.11. The molecular weight excluding hydrogens is 544 g/mol. The maximum Gasteiger partial charge on any atom is 0.328 e. The van der Waals surface area contributed by atoms with Crippen molar-refractivity contribution in [2.45, 2.75) is 69.3 Å². The van der Waals surface area contributed by atoms with Crippen LogP contribution >= 0.6 is 11.8 Å². The number of rotatable bonds is 19. The number of carboxylic acids is 1. The molecule has 0 radical (unpaired) electrons. The van der Waals surface area contributed by atoms with Crippen LogP contribution in [-0.4, -0.2) is 62.4 Å². The van der Waals surface area contributed by atoms with E-state index in [0.29, 0.717) is 42.0 Å². The number of hydrogen-bond donors (Lipinski definition) is 2. The van der Waals surface area contributed by atoms with E-state index >= 15 is 0 Å². The molecule has 0 saturated carbocycles. The van der Waals surface area contributed by atoms with Gasteiger partial charge >= 0.3 is 5.97 Å². The number of thioether (sulfide) groups is 1. The van der Waals surface area contributed by atoms with Gasteiger partial charge in [0.15, 0.2) is 0 Å². The predicted molar refractivity (Wildman–Crippen MR) is 157 cm³/mol. The number of amides is 1. The average molecular weight is 583 g/mol. The molecule has 0 saturated heterocycles. The Morgan fingerprint density at radius 1 is 1.05 bits per heavy atom. The third-order valence-corrected chi connectivity index (χ3v) is 7.14. The number of aromatic nitrogens is 5. The first-order valence-corrected chi connectivity index (χ1v) is 14.7. The number of carboxylic acid groups (broad SMARTS) is 1. The molecule has 12 heteroatoms. The van der Waals surface area contributed by atoms with E-state index in [4.69, 9.17) is 14.6 Å². The minimum atomic E-state index is -1.05. The van der Waals surface area contributed by atoms with Crippen molar-refractivity contribution in [3.63, 3.8) is 0 Å². The van der Waals surface area contributed by atoms with E-state index < -0.39 is 5.97 Å². The number of aryl methyl sites for hydroxylation is 1. The van der Waals surface area contributed by atoms with Crippen molar-refractivity contribution >= 4 is 29.7 Å². The number of nitrogens with one attached hydrogen (secondary N) is 1. The normalized spacial score (nSPS) is 11.1. The monoisotopic (exact) mass is 582 g/mol.